The van der Waals surface area contributed by atoms with E-state index in [1.54, 1.807) is 79.7 Å². The summed E-state index contributed by atoms with van der Waals surface area (Å²) >= 11 is 5.86. The molecule has 0 aliphatic carbocycles. The smallest absolute Gasteiger partial charge is 0.269 e. The number of rotatable bonds is 6. The Morgan fingerprint density at radius 1 is 0.879 bits per heavy atom. The van der Waals surface area contributed by atoms with Crippen LogP contribution in [-0.4, -0.2) is 22.0 Å². The van der Waals surface area contributed by atoms with E-state index in [0.717, 1.165) is 5.56 Å². The molecule has 0 atom stereocenters. The summed E-state index contributed by atoms with van der Waals surface area (Å²) < 4.78 is 10.8. The fraction of sp³-hybridized carbons (Fsp3) is 0.0833. The van der Waals surface area contributed by atoms with Gasteiger partial charge < -0.3 is 9.26 Å². The Morgan fingerprint density at radius 2 is 1.45 bits per heavy atom. The van der Waals surface area contributed by atoms with Gasteiger partial charge in [-0.15, -0.1) is 0 Å². The van der Waals surface area contributed by atoms with Crippen LogP contribution in [0.3, 0.4) is 0 Å². The van der Waals surface area contributed by atoms with Gasteiger partial charge >= 0.3 is 0 Å². The van der Waals surface area contributed by atoms with Gasteiger partial charge in [0.25, 0.3) is 17.7 Å². The topological polar surface area (TPSA) is 106 Å². The first-order valence-electron chi connectivity index (χ1n) is 9.97. The van der Waals surface area contributed by atoms with Crippen molar-refractivity contribution in [3.05, 3.63) is 100 Å². The number of hydrogen-bond acceptors (Lipinski definition) is 6. The highest BCUT2D eigenvalue weighted by molar-refractivity contribution is 6.30. The number of halogens is 1. The van der Waals surface area contributed by atoms with E-state index in [-0.39, 0.29) is 0 Å². The predicted octanol–water partition coefficient (Wildman–Crippen LogP) is 4.35. The highest BCUT2D eigenvalue weighted by Gasteiger charge is 2.11. The lowest BCUT2D eigenvalue weighted by molar-refractivity contribution is 0.0846. The Kier molecular flexibility index (Phi) is 6.66. The lowest BCUT2D eigenvalue weighted by atomic mass is 10.1. The second-order valence-corrected chi connectivity index (χ2v) is 7.51. The van der Waals surface area contributed by atoms with Crippen molar-refractivity contribution in [1.29, 1.82) is 0 Å². The van der Waals surface area contributed by atoms with Crippen LogP contribution in [-0.2, 0) is 6.61 Å². The van der Waals surface area contributed by atoms with Gasteiger partial charge in [-0.05, 0) is 73.2 Å². The zero-order chi connectivity index (χ0) is 23.2. The summed E-state index contributed by atoms with van der Waals surface area (Å²) in [6.07, 6.45) is 0. The van der Waals surface area contributed by atoms with E-state index < -0.39 is 11.8 Å². The summed E-state index contributed by atoms with van der Waals surface area (Å²) in [5, 5.41) is 4.38. The van der Waals surface area contributed by atoms with Crippen molar-refractivity contribution in [2.24, 2.45) is 0 Å². The standard InChI is InChI=1S/C24H19ClN4O4/c1-15-26-24(33-29-15)19-8-6-18(7-9-19)23(31)28-27-22(30)17-4-2-16(3-5-17)14-32-21-12-10-20(25)11-13-21/h2-13H,14H2,1H3,(H,27,30)(H,28,31). The SMILES string of the molecule is Cc1noc(-c2ccc(C(=O)NNC(=O)c3ccc(COc4ccc(Cl)cc4)cc3)cc2)n1. The van der Waals surface area contributed by atoms with Crippen LogP contribution in [0.15, 0.2) is 77.3 Å². The van der Waals surface area contributed by atoms with Gasteiger partial charge in [-0.2, -0.15) is 4.98 Å². The first-order chi connectivity index (χ1) is 16.0. The molecule has 8 nitrogen and oxygen atoms in total. The Bertz CT molecular complexity index is 1250. The van der Waals surface area contributed by atoms with Crippen molar-refractivity contribution in [1.82, 2.24) is 21.0 Å². The molecule has 0 unspecified atom stereocenters. The highest BCUT2D eigenvalue weighted by Crippen LogP contribution is 2.18. The minimum Gasteiger partial charge on any atom is -0.489 e. The van der Waals surface area contributed by atoms with Crippen molar-refractivity contribution in [3.63, 3.8) is 0 Å². The molecule has 33 heavy (non-hydrogen) atoms. The molecule has 4 aromatic rings. The third-order valence-electron chi connectivity index (χ3n) is 4.65. The largest absolute Gasteiger partial charge is 0.489 e. The quantitative estimate of drug-likeness (QED) is 0.412. The maximum absolute atomic E-state index is 12.3. The number of ether oxygens (including phenoxy) is 1. The van der Waals surface area contributed by atoms with Crippen molar-refractivity contribution >= 4 is 23.4 Å². The van der Waals surface area contributed by atoms with Gasteiger partial charge in [0.05, 0.1) is 0 Å². The van der Waals surface area contributed by atoms with E-state index in [0.29, 0.717) is 45.8 Å². The number of carbonyl (C=O) groups excluding carboxylic acids is 2. The average Bonchev–Trinajstić information content (AvgIpc) is 3.28. The van der Waals surface area contributed by atoms with Crippen molar-refractivity contribution in [3.8, 4) is 17.2 Å². The third-order valence-corrected chi connectivity index (χ3v) is 4.90. The Morgan fingerprint density at radius 3 is 2.00 bits per heavy atom. The molecule has 2 N–H and O–H groups in total. The molecule has 4 rings (SSSR count). The van der Waals surface area contributed by atoms with E-state index in [1.807, 2.05) is 0 Å². The van der Waals surface area contributed by atoms with Gasteiger partial charge in [0.1, 0.15) is 12.4 Å². The number of carbonyl (C=O) groups is 2. The first-order valence-corrected chi connectivity index (χ1v) is 10.3. The average molecular weight is 463 g/mol. The molecule has 0 aliphatic rings. The Balaban J connectivity index is 1.28. The van der Waals surface area contributed by atoms with Crippen LogP contribution >= 0.6 is 11.6 Å². The van der Waals surface area contributed by atoms with Crippen LogP contribution in [0.4, 0.5) is 0 Å². The van der Waals surface area contributed by atoms with Crippen molar-refractivity contribution in [2.45, 2.75) is 13.5 Å². The van der Waals surface area contributed by atoms with Crippen LogP contribution in [0.5, 0.6) is 5.75 Å². The second kappa shape index (κ2) is 9.97. The lowest BCUT2D eigenvalue weighted by Gasteiger charge is -2.09. The van der Waals surface area contributed by atoms with E-state index in [4.69, 9.17) is 20.9 Å². The summed E-state index contributed by atoms with van der Waals surface area (Å²) in [6.45, 7) is 2.07. The fourth-order valence-electron chi connectivity index (χ4n) is 2.89. The molecular formula is C24H19ClN4O4. The minimum atomic E-state index is -0.454. The van der Waals surface area contributed by atoms with E-state index >= 15 is 0 Å². The molecule has 1 heterocycles. The van der Waals surface area contributed by atoms with E-state index in [2.05, 4.69) is 21.0 Å². The molecule has 2 amide bonds. The zero-order valence-electron chi connectivity index (χ0n) is 17.5. The molecule has 1 aromatic heterocycles. The van der Waals surface area contributed by atoms with Gasteiger partial charge in [-0.25, -0.2) is 0 Å². The van der Waals surface area contributed by atoms with E-state index in [1.165, 1.54) is 0 Å². The number of aryl methyl sites for hydroxylation is 1. The van der Waals surface area contributed by atoms with Crippen LogP contribution < -0.4 is 15.6 Å². The van der Waals surface area contributed by atoms with E-state index in [9.17, 15) is 9.59 Å². The molecule has 0 saturated carbocycles. The third kappa shape index (κ3) is 5.75. The van der Waals surface area contributed by atoms with Gasteiger partial charge in [0.15, 0.2) is 5.82 Å². The molecule has 0 radical (unpaired) electrons. The highest BCUT2D eigenvalue weighted by atomic mass is 35.5. The molecule has 166 valence electrons. The van der Waals surface area contributed by atoms with Gasteiger partial charge in [0, 0.05) is 21.7 Å². The van der Waals surface area contributed by atoms with Crippen LogP contribution in [0.1, 0.15) is 32.1 Å². The molecule has 0 bridgehead atoms. The molecule has 0 spiro atoms. The second-order valence-electron chi connectivity index (χ2n) is 7.07. The van der Waals surface area contributed by atoms with Crippen LogP contribution in [0.25, 0.3) is 11.5 Å². The normalized spacial score (nSPS) is 10.5. The lowest BCUT2D eigenvalue weighted by Crippen LogP contribution is -2.41. The number of hydrogen-bond donors (Lipinski definition) is 2. The van der Waals surface area contributed by atoms with Crippen molar-refractivity contribution in [2.75, 3.05) is 0 Å². The fourth-order valence-corrected chi connectivity index (χ4v) is 3.01. The number of nitrogens with one attached hydrogen (secondary N) is 2. The summed E-state index contributed by atoms with van der Waals surface area (Å²) in [7, 11) is 0. The first kappa shape index (κ1) is 22.0. The maximum Gasteiger partial charge on any atom is 0.269 e. The summed E-state index contributed by atoms with van der Waals surface area (Å²) in [4.78, 5) is 28.8. The number of aromatic nitrogens is 2. The monoisotopic (exact) mass is 462 g/mol. The summed E-state index contributed by atoms with van der Waals surface area (Å²) in [6, 6.07) is 20.5. The minimum absolute atomic E-state index is 0.347. The molecule has 0 aliphatic heterocycles. The van der Waals surface area contributed by atoms with Crippen LogP contribution in [0, 0.1) is 6.92 Å². The number of hydrazine groups is 1. The maximum atomic E-state index is 12.3. The Hall–Kier alpha value is -4.17. The summed E-state index contributed by atoms with van der Waals surface area (Å²) in [5.74, 6) is 0.701. The van der Waals surface area contributed by atoms with Crippen molar-refractivity contribution < 1.29 is 18.8 Å². The summed E-state index contributed by atoms with van der Waals surface area (Å²) in [5.41, 5.74) is 7.15. The van der Waals surface area contributed by atoms with Gasteiger partial charge in [0.2, 0.25) is 0 Å². The molecule has 9 heteroatoms. The van der Waals surface area contributed by atoms with Gasteiger partial charge in [-0.1, -0.05) is 28.9 Å². The Labute approximate surface area is 194 Å². The zero-order valence-corrected chi connectivity index (χ0v) is 18.3. The molecule has 3 aromatic carbocycles. The van der Waals surface area contributed by atoms with Gasteiger partial charge in [-0.3, -0.25) is 20.4 Å². The molecule has 0 fully saturated rings. The number of amides is 2. The molecular weight excluding hydrogens is 444 g/mol. The van der Waals surface area contributed by atoms with Crippen LogP contribution in [0.2, 0.25) is 5.02 Å². The molecule has 0 saturated heterocycles. The number of nitrogens with zero attached hydrogens (tertiary/aromatic N) is 2. The predicted molar refractivity (Wildman–Crippen MR) is 122 cm³/mol. The number of benzene rings is 3.